The lowest BCUT2D eigenvalue weighted by Crippen LogP contribution is -2.08. The number of ether oxygens (including phenoxy) is 1. The lowest BCUT2D eigenvalue weighted by Gasteiger charge is -2.19. The van der Waals surface area contributed by atoms with Crippen molar-refractivity contribution < 1.29 is 13.5 Å². The fraction of sp³-hybridized carbons (Fsp3) is 0.208. The van der Waals surface area contributed by atoms with Crippen LogP contribution in [0.5, 0.6) is 5.75 Å². The molecular weight excluding hydrogens is 452 g/mol. The van der Waals surface area contributed by atoms with Gasteiger partial charge in [-0.25, -0.2) is 9.37 Å². The van der Waals surface area contributed by atoms with E-state index in [9.17, 15) is 4.39 Å². The maximum Gasteiger partial charge on any atom is 0.205 e. The minimum atomic E-state index is -0.709. The summed E-state index contributed by atoms with van der Waals surface area (Å²) in [6.45, 7) is 6.20. The summed E-state index contributed by atoms with van der Waals surface area (Å²) in [4.78, 5) is 4.29. The van der Waals surface area contributed by atoms with Gasteiger partial charge in [0.25, 0.3) is 0 Å². The molecule has 8 heteroatoms. The van der Waals surface area contributed by atoms with Crippen LogP contribution in [0.3, 0.4) is 0 Å². The summed E-state index contributed by atoms with van der Waals surface area (Å²) >= 11 is 12.4. The molecule has 0 aliphatic rings. The first-order chi connectivity index (χ1) is 15.2. The number of aryl methyl sites for hydroxylation is 1. The number of benzene rings is 2. The van der Waals surface area contributed by atoms with E-state index < -0.39 is 11.9 Å². The number of furan rings is 1. The van der Waals surface area contributed by atoms with Crippen LogP contribution in [0.25, 0.3) is 22.1 Å². The van der Waals surface area contributed by atoms with Gasteiger partial charge in [0.05, 0.1) is 16.7 Å². The third kappa shape index (κ3) is 3.68. The van der Waals surface area contributed by atoms with E-state index in [0.29, 0.717) is 17.7 Å². The van der Waals surface area contributed by atoms with Crippen LogP contribution < -0.4 is 16.2 Å². The Bertz CT molecular complexity index is 1340. The van der Waals surface area contributed by atoms with Crippen molar-refractivity contribution >= 4 is 40.0 Å². The maximum atomic E-state index is 14.0. The molecule has 0 aliphatic carbocycles. The van der Waals surface area contributed by atoms with Crippen LogP contribution in [0.4, 0.5) is 10.2 Å². The van der Waals surface area contributed by atoms with Crippen LogP contribution >= 0.6 is 23.2 Å². The Morgan fingerprint density at radius 2 is 1.91 bits per heavy atom. The molecule has 4 rings (SSSR count). The average molecular weight is 474 g/mol. The molecule has 32 heavy (non-hydrogen) atoms. The molecule has 0 radical (unpaired) electrons. The van der Waals surface area contributed by atoms with Gasteiger partial charge in [-0.05, 0) is 55.2 Å². The standard InChI is InChI=1S/C24H22Cl2FN3O2/c1-11-4-5-14(12(2)15(11)8-28)17-10-31-22-16(17)9-30-24(29)23(22)32-13(3)20-18(25)6-7-19(27)21(20)26/h4-7,9-10,13H,8,28H2,1-3H3,(H2,29,30)/t13-/m1/s1. The van der Waals surface area contributed by atoms with Crippen LogP contribution in [0.1, 0.15) is 35.3 Å². The number of hydrogen-bond donors (Lipinski definition) is 2. The Kier molecular flexibility index (Phi) is 6.03. The van der Waals surface area contributed by atoms with E-state index in [1.807, 2.05) is 26.0 Å². The van der Waals surface area contributed by atoms with Crippen LogP contribution in [0.2, 0.25) is 10.0 Å². The Morgan fingerprint density at radius 3 is 2.62 bits per heavy atom. The number of nitrogen functional groups attached to an aromatic ring is 1. The van der Waals surface area contributed by atoms with Gasteiger partial charge in [0.15, 0.2) is 11.4 Å². The Morgan fingerprint density at radius 1 is 1.16 bits per heavy atom. The second-order valence-electron chi connectivity index (χ2n) is 7.62. The topological polar surface area (TPSA) is 87.3 Å². The highest BCUT2D eigenvalue weighted by Crippen LogP contribution is 2.42. The van der Waals surface area contributed by atoms with Gasteiger partial charge in [0, 0.05) is 28.9 Å². The molecule has 0 spiro atoms. The predicted molar refractivity (Wildman–Crippen MR) is 127 cm³/mol. The Balaban J connectivity index is 1.82. The van der Waals surface area contributed by atoms with Crippen molar-refractivity contribution in [2.45, 2.75) is 33.4 Å². The van der Waals surface area contributed by atoms with Crippen LogP contribution in [-0.2, 0) is 6.54 Å². The normalized spacial score (nSPS) is 12.3. The molecule has 0 unspecified atom stereocenters. The van der Waals surface area contributed by atoms with Gasteiger partial charge >= 0.3 is 0 Å². The second-order valence-corrected chi connectivity index (χ2v) is 8.40. The maximum absolute atomic E-state index is 14.0. The van der Waals surface area contributed by atoms with Gasteiger partial charge in [-0.1, -0.05) is 35.3 Å². The summed E-state index contributed by atoms with van der Waals surface area (Å²) in [6, 6.07) is 6.69. The van der Waals surface area contributed by atoms with Gasteiger partial charge in [-0.15, -0.1) is 0 Å². The van der Waals surface area contributed by atoms with E-state index in [2.05, 4.69) is 4.98 Å². The molecule has 166 valence electrons. The minimum absolute atomic E-state index is 0.103. The molecule has 4 aromatic rings. The third-order valence-corrected chi connectivity index (χ3v) is 6.42. The summed E-state index contributed by atoms with van der Waals surface area (Å²) in [5.74, 6) is -0.213. The molecule has 2 aromatic heterocycles. The molecular formula is C24H22Cl2FN3O2. The van der Waals surface area contributed by atoms with E-state index in [4.69, 9.17) is 43.8 Å². The first-order valence-electron chi connectivity index (χ1n) is 9.99. The number of nitrogens with zero attached hydrogens (tertiary/aromatic N) is 1. The monoisotopic (exact) mass is 473 g/mol. The molecule has 0 saturated carbocycles. The summed E-state index contributed by atoms with van der Waals surface area (Å²) < 4.78 is 25.9. The van der Waals surface area contributed by atoms with Crippen molar-refractivity contribution in [2.75, 3.05) is 5.73 Å². The molecule has 4 N–H and O–H groups in total. The molecule has 2 heterocycles. The summed E-state index contributed by atoms with van der Waals surface area (Å²) in [6.07, 6.45) is 2.58. The molecule has 0 amide bonds. The fourth-order valence-corrected chi connectivity index (χ4v) is 4.63. The number of pyridine rings is 1. The number of halogens is 3. The molecule has 0 fully saturated rings. The molecule has 0 aliphatic heterocycles. The molecule has 2 aromatic carbocycles. The van der Waals surface area contributed by atoms with Gasteiger partial charge in [0.2, 0.25) is 5.75 Å². The van der Waals surface area contributed by atoms with E-state index in [-0.39, 0.29) is 21.6 Å². The minimum Gasteiger partial charge on any atom is -0.478 e. The lowest BCUT2D eigenvalue weighted by molar-refractivity contribution is 0.227. The molecule has 1 atom stereocenters. The summed E-state index contributed by atoms with van der Waals surface area (Å²) in [5.41, 5.74) is 17.9. The van der Waals surface area contributed by atoms with Gasteiger partial charge in [-0.3, -0.25) is 0 Å². The highest BCUT2D eigenvalue weighted by atomic mass is 35.5. The van der Waals surface area contributed by atoms with Crippen molar-refractivity contribution in [1.82, 2.24) is 4.98 Å². The zero-order valence-electron chi connectivity index (χ0n) is 17.8. The molecule has 5 nitrogen and oxygen atoms in total. The zero-order chi connectivity index (χ0) is 23.2. The van der Waals surface area contributed by atoms with Crippen molar-refractivity contribution in [3.8, 4) is 16.9 Å². The van der Waals surface area contributed by atoms with Crippen molar-refractivity contribution in [3.05, 3.63) is 74.8 Å². The van der Waals surface area contributed by atoms with E-state index in [1.165, 1.54) is 12.1 Å². The molecule has 0 bridgehead atoms. The van der Waals surface area contributed by atoms with E-state index in [0.717, 1.165) is 33.2 Å². The van der Waals surface area contributed by atoms with Gasteiger partial charge in [0.1, 0.15) is 11.9 Å². The smallest absolute Gasteiger partial charge is 0.205 e. The quantitative estimate of drug-likeness (QED) is 0.313. The number of fused-ring (bicyclic) bond motifs is 1. The number of anilines is 1. The number of nitrogens with two attached hydrogens (primary N) is 2. The van der Waals surface area contributed by atoms with Gasteiger partial charge in [-0.2, -0.15) is 0 Å². The lowest BCUT2D eigenvalue weighted by atomic mass is 9.93. The Hall–Kier alpha value is -2.80. The van der Waals surface area contributed by atoms with Crippen molar-refractivity contribution in [1.29, 1.82) is 0 Å². The Labute approximate surface area is 195 Å². The van der Waals surface area contributed by atoms with Crippen LogP contribution in [-0.4, -0.2) is 4.98 Å². The summed E-state index contributed by atoms with van der Waals surface area (Å²) in [5, 5.41) is 0.911. The van der Waals surface area contributed by atoms with Crippen molar-refractivity contribution in [2.24, 2.45) is 5.73 Å². The van der Waals surface area contributed by atoms with E-state index in [1.54, 1.807) is 19.4 Å². The fourth-order valence-electron chi connectivity index (χ4n) is 3.95. The highest BCUT2D eigenvalue weighted by molar-refractivity contribution is 6.36. The zero-order valence-corrected chi connectivity index (χ0v) is 19.3. The van der Waals surface area contributed by atoms with Crippen LogP contribution in [0, 0.1) is 19.7 Å². The van der Waals surface area contributed by atoms with Gasteiger partial charge < -0.3 is 20.6 Å². The average Bonchev–Trinajstić information content (AvgIpc) is 3.17. The predicted octanol–water partition coefficient (Wildman–Crippen LogP) is 6.74. The number of rotatable bonds is 5. The number of aromatic nitrogens is 1. The third-order valence-electron chi connectivity index (χ3n) is 5.71. The highest BCUT2D eigenvalue weighted by Gasteiger charge is 2.23. The second kappa shape index (κ2) is 8.62. The van der Waals surface area contributed by atoms with E-state index >= 15 is 0 Å². The molecule has 0 saturated heterocycles. The first-order valence-corrected chi connectivity index (χ1v) is 10.7. The van der Waals surface area contributed by atoms with Crippen molar-refractivity contribution in [3.63, 3.8) is 0 Å². The van der Waals surface area contributed by atoms with Crippen LogP contribution in [0.15, 0.2) is 41.1 Å². The SMILES string of the molecule is Cc1ccc(-c2coc3c(O[C@H](C)c4c(Cl)ccc(F)c4Cl)c(N)ncc23)c(C)c1CN. The number of hydrogen-bond acceptors (Lipinski definition) is 5. The largest absolute Gasteiger partial charge is 0.478 e. The summed E-state index contributed by atoms with van der Waals surface area (Å²) in [7, 11) is 0. The first kappa shape index (κ1) is 22.4.